The van der Waals surface area contributed by atoms with Gasteiger partial charge in [0.1, 0.15) is 22.5 Å². The first kappa shape index (κ1) is 19.7. The van der Waals surface area contributed by atoms with Crippen molar-refractivity contribution in [3.05, 3.63) is 35.6 Å². The van der Waals surface area contributed by atoms with Crippen molar-refractivity contribution in [2.75, 3.05) is 27.3 Å². The highest BCUT2D eigenvalue weighted by atomic mass is 35.5. The molecule has 0 amide bonds. The fourth-order valence-corrected chi connectivity index (χ4v) is 4.63. The maximum absolute atomic E-state index is 13.2. The van der Waals surface area contributed by atoms with E-state index in [1.54, 1.807) is 12.1 Å². The fourth-order valence-electron chi connectivity index (χ4n) is 2.85. The first-order valence-corrected chi connectivity index (χ1v) is 10.1. The minimum atomic E-state index is -3.78. The van der Waals surface area contributed by atoms with Crippen molar-refractivity contribution in [1.82, 2.24) is 14.3 Å². The van der Waals surface area contributed by atoms with E-state index >= 15 is 0 Å². The van der Waals surface area contributed by atoms with E-state index in [1.807, 2.05) is 0 Å². The molecule has 2 heterocycles. The van der Waals surface area contributed by atoms with Crippen LogP contribution in [0.1, 0.15) is 12.8 Å². The van der Waals surface area contributed by atoms with E-state index in [2.05, 4.69) is 9.97 Å². The molecule has 1 aliphatic rings. The summed E-state index contributed by atoms with van der Waals surface area (Å²) >= 11 is 5.77. The number of sulfonamides is 1. The van der Waals surface area contributed by atoms with Gasteiger partial charge in [-0.3, -0.25) is 0 Å². The van der Waals surface area contributed by atoms with E-state index < -0.39 is 10.0 Å². The van der Waals surface area contributed by atoms with Crippen LogP contribution in [0.25, 0.3) is 0 Å². The monoisotopic (exact) mass is 413 g/mol. The van der Waals surface area contributed by atoms with Crippen molar-refractivity contribution in [2.24, 2.45) is 0 Å². The Hall–Kier alpha value is -2.10. The number of aromatic nitrogens is 2. The van der Waals surface area contributed by atoms with Gasteiger partial charge in [0.15, 0.2) is 0 Å². The molecule has 0 aliphatic carbocycles. The quantitative estimate of drug-likeness (QED) is 0.717. The normalized spacial score (nSPS) is 18.1. The molecule has 0 spiro atoms. The van der Waals surface area contributed by atoms with Crippen molar-refractivity contribution in [3.8, 4) is 17.5 Å². The van der Waals surface area contributed by atoms with Crippen molar-refractivity contribution in [1.29, 1.82) is 0 Å². The van der Waals surface area contributed by atoms with Gasteiger partial charge in [-0.05, 0) is 25.0 Å². The molecule has 27 heavy (non-hydrogen) atoms. The van der Waals surface area contributed by atoms with Gasteiger partial charge in [0, 0.05) is 12.6 Å². The van der Waals surface area contributed by atoms with E-state index in [4.69, 9.17) is 25.8 Å². The number of halogens is 1. The van der Waals surface area contributed by atoms with Gasteiger partial charge in [0.25, 0.3) is 0 Å². The van der Waals surface area contributed by atoms with E-state index in [9.17, 15) is 8.42 Å². The van der Waals surface area contributed by atoms with Gasteiger partial charge in [-0.15, -0.1) is 0 Å². The summed E-state index contributed by atoms with van der Waals surface area (Å²) in [7, 11) is -0.870. The first-order valence-electron chi connectivity index (χ1n) is 8.30. The third-order valence-corrected chi connectivity index (χ3v) is 6.28. The van der Waals surface area contributed by atoms with E-state index in [0.717, 1.165) is 0 Å². The highest BCUT2D eigenvalue weighted by Crippen LogP contribution is 2.32. The van der Waals surface area contributed by atoms with Gasteiger partial charge in [-0.1, -0.05) is 11.6 Å². The molecule has 0 radical (unpaired) electrons. The van der Waals surface area contributed by atoms with E-state index in [0.29, 0.717) is 30.2 Å². The zero-order valence-electron chi connectivity index (χ0n) is 15.0. The largest absolute Gasteiger partial charge is 0.497 e. The summed E-state index contributed by atoms with van der Waals surface area (Å²) in [5.74, 6) is 0.702. The molecule has 1 fully saturated rings. The summed E-state index contributed by atoms with van der Waals surface area (Å²) in [5, 5.41) is 0.403. The second-order valence-corrected chi connectivity index (χ2v) is 8.29. The molecule has 1 saturated heterocycles. The fraction of sp³-hybridized carbons (Fsp3) is 0.412. The Morgan fingerprint density at radius 1 is 1.19 bits per heavy atom. The minimum absolute atomic E-state index is 0.0627. The molecule has 3 rings (SSSR count). The van der Waals surface area contributed by atoms with Crippen LogP contribution in [0.3, 0.4) is 0 Å². The van der Waals surface area contributed by atoms with Crippen LogP contribution in [-0.4, -0.2) is 56.1 Å². The second-order valence-electron chi connectivity index (χ2n) is 5.95. The molecule has 8 nitrogen and oxygen atoms in total. The molecule has 1 atom stereocenters. The summed E-state index contributed by atoms with van der Waals surface area (Å²) < 4.78 is 43.8. The number of benzene rings is 1. The first-order chi connectivity index (χ1) is 12.9. The number of ether oxygens (including phenoxy) is 3. The summed E-state index contributed by atoms with van der Waals surface area (Å²) in [5.41, 5.74) is 0. The summed E-state index contributed by atoms with van der Waals surface area (Å²) in [6, 6.07) is 4.85. The van der Waals surface area contributed by atoms with Gasteiger partial charge in [-0.2, -0.15) is 4.31 Å². The molecule has 146 valence electrons. The highest BCUT2D eigenvalue weighted by Gasteiger charge is 2.33. The smallest absolute Gasteiger partial charge is 0.316 e. The Morgan fingerprint density at radius 2 is 1.93 bits per heavy atom. The predicted octanol–water partition coefficient (Wildman–Crippen LogP) is 2.38. The molecule has 0 bridgehead atoms. The van der Waals surface area contributed by atoms with E-state index in [-0.39, 0.29) is 29.3 Å². The molecular formula is C17H20ClN3O5S. The number of hydrogen-bond acceptors (Lipinski definition) is 7. The summed E-state index contributed by atoms with van der Waals surface area (Å²) in [4.78, 5) is 8.06. The van der Waals surface area contributed by atoms with Crippen LogP contribution in [0.5, 0.6) is 17.5 Å². The van der Waals surface area contributed by atoms with Gasteiger partial charge in [0.2, 0.25) is 10.0 Å². The standard InChI is InChI=1S/C17H20ClN3O5S/c1-24-13-5-6-15(25-2)16(8-13)27(22,23)21-7-3-4-14(11-21)26-17-19-9-12(18)10-20-17/h5-6,8-10,14H,3-4,7,11H2,1-2H3. The summed E-state index contributed by atoms with van der Waals surface area (Å²) in [6.07, 6.45) is 3.87. The molecule has 1 aromatic heterocycles. The van der Waals surface area contributed by atoms with Crippen LogP contribution in [-0.2, 0) is 10.0 Å². The van der Waals surface area contributed by atoms with Gasteiger partial charge in [0.05, 0.1) is 38.2 Å². The van der Waals surface area contributed by atoms with Crippen LogP contribution < -0.4 is 14.2 Å². The van der Waals surface area contributed by atoms with Gasteiger partial charge >= 0.3 is 6.01 Å². The zero-order chi connectivity index (χ0) is 19.4. The minimum Gasteiger partial charge on any atom is -0.497 e. The van der Waals surface area contributed by atoms with Crippen molar-refractivity contribution >= 4 is 21.6 Å². The molecule has 1 aromatic carbocycles. The van der Waals surface area contributed by atoms with Crippen LogP contribution in [0.2, 0.25) is 5.02 Å². The number of hydrogen-bond donors (Lipinski definition) is 0. The molecule has 1 unspecified atom stereocenters. The second kappa shape index (κ2) is 8.28. The van der Waals surface area contributed by atoms with Gasteiger partial charge < -0.3 is 14.2 Å². The SMILES string of the molecule is COc1ccc(OC)c(S(=O)(=O)N2CCCC(Oc3ncc(Cl)cn3)C2)c1. The lowest BCUT2D eigenvalue weighted by Crippen LogP contribution is -2.44. The Kier molecular flexibility index (Phi) is 6.03. The third-order valence-electron chi connectivity index (χ3n) is 4.20. The average Bonchev–Trinajstić information content (AvgIpc) is 2.69. The number of rotatable bonds is 6. The van der Waals surface area contributed by atoms with Crippen molar-refractivity contribution in [3.63, 3.8) is 0 Å². The number of piperidine rings is 1. The number of nitrogens with zero attached hydrogens (tertiary/aromatic N) is 3. The topological polar surface area (TPSA) is 90.9 Å². The molecular weight excluding hydrogens is 394 g/mol. The molecule has 10 heteroatoms. The average molecular weight is 414 g/mol. The lowest BCUT2D eigenvalue weighted by molar-refractivity contribution is 0.119. The third kappa shape index (κ3) is 4.42. The van der Waals surface area contributed by atoms with E-state index in [1.165, 1.54) is 37.0 Å². The Bertz CT molecular complexity index is 892. The van der Waals surface area contributed by atoms with Crippen LogP contribution in [0.4, 0.5) is 0 Å². The lowest BCUT2D eigenvalue weighted by Gasteiger charge is -2.31. The molecule has 0 N–H and O–H groups in total. The summed E-state index contributed by atoms with van der Waals surface area (Å²) in [6.45, 7) is 0.582. The molecule has 2 aromatic rings. The zero-order valence-corrected chi connectivity index (χ0v) is 16.5. The number of methoxy groups -OCH3 is 2. The van der Waals surface area contributed by atoms with Crippen LogP contribution >= 0.6 is 11.6 Å². The Morgan fingerprint density at radius 3 is 2.59 bits per heavy atom. The van der Waals surface area contributed by atoms with Gasteiger partial charge in [-0.25, -0.2) is 18.4 Å². The van der Waals surface area contributed by atoms with Crippen LogP contribution in [0.15, 0.2) is 35.5 Å². The maximum Gasteiger partial charge on any atom is 0.316 e. The van der Waals surface area contributed by atoms with Crippen molar-refractivity contribution in [2.45, 2.75) is 23.8 Å². The Balaban J connectivity index is 1.81. The lowest BCUT2D eigenvalue weighted by atomic mass is 10.1. The Labute approximate surface area is 163 Å². The predicted molar refractivity (Wildman–Crippen MR) is 99.0 cm³/mol. The molecule has 1 aliphatic heterocycles. The van der Waals surface area contributed by atoms with Crippen molar-refractivity contribution < 1.29 is 22.6 Å². The van der Waals surface area contributed by atoms with Crippen LogP contribution in [0, 0.1) is 0 Å². The highest BCUT2D eigenvalue weighted by molar-refractivity contribution is 7.89. The molecule has 0 saturated carbocycles. The maximum atomic E-state index is 13.2.